The number of nitrogens with one attached hydrogen (secondary N) is 1. The molecule has 0 bridgehead atoms. The van der Waals surface area contributed by atoms with Crippen LogP contribution in [0.4, 0.5) is 0 Å². The topological polar surface area (TPSA) is 30.5 Å². The zero-order valence-electron chi connectivity index (χ0n) is 16.0. The fourth-order valence-corrected chi connectivity index (χ4v) is 3.65. The van der Waals surface area contributed by atoms with Crippen molar-refractivity contribution < 1.29 is 9.47 Å². The van der Waals surface area contributed by atoms with Crippen molar-refractivity contribution in [3.63, 3.8) is 0 Å². The predicted octanol–water partition coefficient (Wildman–Crippen LogP) is 5.91. The Bertz CT molecular complexity index is 758. The van der Waals surface area contributed by atoms with E-state index in [1.54, 1.807) is 12.7 Å². The molecule has 4 heteroatoms. The van der Waals surface area contributed by atoms with Crippen molar-refractivity contribution >= 4 is 11.6 Å². The Morgan fingerprint density at radius 1 is 1.07 bits per heavy atom. The van der Waals surface area contributed by atoms with Gasteiger partial charge in [-0.25, -0.2) is 0 Å². The molecule has 0 fully saturated rings. The Labute approximate surface area is 167 Å². The Kier molecular flexibility index (Phi) is 7.61. The third-order valence-electron chi connectivity index (χ3n) is 4.85. The van der Waals surface area contributed by atoms with E-state index in [4.69, 9.17) is 21.1 Å². The van der Waals surface area contributed by atoms with Gasteiger partial charge in [-0.2, -0.15) is 0 Å². The summed E-state index contributed by atoms with van der Waals surface area (Å²) in [5, 5.41) is 4.09. The van der Waals surface area contributed by atoms with Crippen molar-refractivity contribution in [3.8, 4) is 11.5 Å². The Balaban J connectivity index is 1.55. The second-order valence-electron chi connectivity index (χ2n) is 6.92. The van der Waals surface area contributed by atoms with Crippen molar-refractivity contribution in [3.05, 3.63) is 70.3 Å². The number of hydrogen-bond acceptors (Lipinski definition) is 3. The van der Waals surface area contributed by atoms with Gasteiger partial charge in [0.25, 0.3) is 0 Å². The molecule has 144 valence electrons. The molecule has 0 unspecified atom stereocenters. The van der Waals surface area contributed by atoms with E-state index in [1.165, 1.54) is 25.7 Å². The minimum atomic E-state index is 0.462. The summed E-state index contributed by atoms with van der Waals surface area (Å²) in [6.45, 7) is 2.21. The van der Waals surface area contributed by atoms with E-state index in [1.807, 2.05) is 42.5 Å². The Hall–Kier alpha value is -1.97. The van der Waals surface area contributed by atoms with Gasteiger partial charge in [-0.3, -0.25) is 0 Å². The van der Waals surface area contributed by atoms with E-state index >= 15 is 0 Å². The first-order valence-corrected chi connectivity index (χ1v) is 10.1. The standard InChI is InChI=1S/C23H28ClNO2/c1-26-22-15-20(16-25-13-12-18-8-4-2-5-9-18)14-21(24)23(22)27-17-19-10-6-3-7-11-19/h3,6-8,10-11,14-15,25H,2,4-5,9,12-13,16-17H2,1H3. The van der Waals surface area contributed by atoms with Crippen LogP contribution >= 0.6 is 11.6 Å². The molecule has 0 atom stereocenters. The van der Waals surface area contributed by atoms with Crippen molar-refractivity contribution in [1.29, 1.82) is 0 Å². The van der Waals surface area contributed by atoms with Crippen molar-refractivity contribution in [2.24, 2.45) is 0 Å². The zero-order chi connectivity index (χ0) is 18.9. The lowest BCUT2D eigenvalue weighted by molar-refractivity contribution is 0.284. The molecule has 0 heterocycles. The van der Waals surface area contributed by atoms with Crippen molar-refractivity contribution in [2.45, 2.75) is 45.3 Å². The van der Waals surface area contributed by atoms with Gasteiger partial charge in [0.2, 0.25) is 0 Å². The molecule has 2 aromatic rings. The number of allylic oxidation sites excluding steroid dienone is 1. The number of halogens is 1. The van der Waals surface area contributed by atoms with Gasteiger partial charge in [0, 0.05) is 6.54 Å². The van der Waals surface area contributed by atoms with Crippen LogP contribution in [0.3, 0.4) is 0 Å². The Morgan fingerprint density at radius 2 is 1.93 bits per heavy atom. The maximum Gasteiger partial charge on any atom is 0.180 e. The highest BCUT2D eigenvalue weighted by Gasteiger charge is 2.12. The van der Waals surface area contributed by atoms with Gasteiger partial charge >= 0.3 is 0 Å². The summed E-state index contributed by atoms with van der Waals surface area (Å²) in [4.78, 5) is 0. The molecule has 0 saturated carbocycles. The number of benzene rings is 2. The number of methoxy groups -OCH3 is 1. The third-order valence-corrected chi connectivity index (χ3v) is 5.13. The van der Waals surface area contributed by atoms with Gasteiger partial charge in [0.15, 0.2) is 11.5 Å². The smallest absolute Gasteiger partial charge is 0.180 e. The molecule has 0 aliphatic heterocycles. The van der Waals surface area contributed by atoms with Crippen LogP contribution in [0.25, 0.3) is 0 Å². The second-order valence-corrected chi connectivity index (χ2v) is 7.33. The molecule has 27 heavy (non-hydrogen) atoms. The van der Waals surface area contributed by atoms with Crippen LogP contribution in [-0.2, 0) is 13.2 Å². The first kappa shape index (κ1) is 19.8. The van der Waals surface area contributed by atoms with Gasteiger partial charge < -0.3 is 14.8 Å². The van der Waals surface area contributed by atoms with Crippen LogP contribution in [0.15, 0.2) is 54.1 Å². The normalized spacial score (nSPS) is 13.9. The molecule has 3 nitrogen and oxygen atoms in total. The highest BCUT2D eigenvalue weighted by atomic mass is 35.5. The predicted molar refractivity (Wildman–Crippen MR) is 112 cm³/mol. The van der Waals surface area contributed by atoms with Gasteiger partial charge in [-0.05, 0) is 61.9 Å². The first-order valence-electron chi connectivity index (χ1n) is 9.68. The van der Waals surface area contributed by atoms with E-state index in [9.17, 15) is 0 Å². The second kappa shape index (κ2) is 10.4. The van der Waals surface area contributed by atoms with Crippen LogP contribution in [0.5, 0.6) is 11.5 Å². The van der Waals surface area contributed by atoms with Crippen LogP contribution in [0.1, 0.15) is 43.2 Å². The molecule has 1 N–H and O–H groups in total. The Morgan fingerprint density at radius 3 is 2.67 bits per heavy atom. The fourth-order valence-electron chi connectivity index (χ4n) is 3.36. The monoisotopic (exact) mass is 385 g/mol. The van der Waals surface area contributed by atoms with Gasteiger partial charge in [-0.1, -0.05) is 53.6 Å². The molecular weight excluding hydrogens is 358 g/mol. The molecule has 0 spiro atoms. The SMILES string of the molecule is COc1cc(CNCCC2=CCCCC2)cc(Cl)c1OCc1ccccc1. The van der Waals surface area contributed by atoms with Gasteiger partial charge in [0.05, 0.1) is 12.1 Å². The molecule has 0 amide bonds. The maximum absolute atomic E-state index is 6.47. The summed E-state index contributed by atoms with van der Waals surface area (Å²) in [6.07, 6.45) is 8.71. The molecule has 1 aliphatic carbocycles. The van der Waals surface area contributed by atoms with Crippen LogP contribution in [0, 0.1) is 0 Å². The largest absolute Gasteiger partial charge is 0.493 e. The van der Waals surface area contributed by atoms with E-state index < -0.39 is 0 Å². The van der Waals surface area contributed by atoms with E-state index in [0.717, 1.165) is 30.6 Å². The number of rotatable bonds is 9. The lowest BCUT2D eigenvalue weighted by Crippen LogP contribution is -2.16. The molecule has 1 aliphatic rings. The van der Waals surface area contributed by atoms with Crippen LogP contribution in [-0.4, -0.2) is 13.7 Å². The highest BCUT2D eigenvalue weighted by molar-refractivity contribution is 6.32. The van der Waals surface area contributed by atoms with Crippen LogP contribution < -0.4 is 14.8 Å². The summed E-state index contributed by atoms with van der Waals surface area (Å²) >= 11 is 6.47. The molecule has 0 saturated heterocycles. The number of ether oxygens (including phenoxy) is 2. The third kappa shape index (κ3) is 6.02. The fraction of sp³-hybridized carbons (Fsp3) is 0.391. The first-order chi connectivity index (χ1) is 13.3. The summed E-state index contributed by atoms with van der Waals surface area (Å²) < 4.78 is 11.4. The molecule has 2 aromatic carbocycles. The lowest BCUT2D eigenvalue weighted by atomic mass is 9.97. The zero-order valence-corrected chi connectivity index (χ0v) is 16.7. The minimum Gasteiger partial charge on any atom is -0.493 e. The minimum absolute atomic E-state index is 0.462. The average molecular weight is 386 g/mol. The molecule has 0 aromatic heterocycles. The van der Waals surface area contributed by atoms with Crippen molar-refractivity contribution in [1.82, 2.24) is 5.32 Å². The maximum atomic E-state index is 6.47. The summed E-state index contributed by atoms with van der Waals surface area (Å²) in [7, 11) is 1.65. The summed E-state index contributed by atoms with van der Waals surface area (Å²) in [6, 6.07) is 14.0. The molecule has 0 radical (unpaired) electrons. The summed E-state index contributed by atoms with van der Waals surface area (Å²) in [5.74, 6) is 1.27. The molecule has 3 rings (SSSR count). The quantitative estimate of drug-likeness (QED) is 0.430. The van der Waals surface area contributed by atoms with Crippen molar-refractivity contribution in [2.75, 3.05) is 13.7 Å². The van der Waals surface area contributed by atoms with Crippen LogP contribution in [0.2, 0.25) is 5.02 Å². The van der Waals surface area contributed by atoms with E-state index in [2.05, 4.69) is 11.4 Å². The summed E-state index contributed by atoms with van der Waals surface area (Å²) in [5.41, 5.74) is 3.79. The average Bonchev–Trinajstić information content (AvgIpc) is 2.71. The highest BCUT2D eigenvalue weighted by Crippen LogP contribution is 2.37. The van der Waals surface area contributed by atoms with Gasteiger partial charge in [0.1, 0.15) is 6.61 Å². The van der Waals surface area contributed by atoms with E-state index in [0.29, 0.717) is 23.1 Å². The lowest BCUT2D eigenvalue weighted by Gasteiger charge is -2.15. The van der Waals surface area contributed by atoms with E-state index in [-0.39, 0.29) is 0 Å². The number of hydrogen-bond donors (Lipinski definition) is 1. The molecular formula is C23H28ClNO2. The van der Waals surface area contributed by atoms with Gasteiger partial charge in [-0.15, -0.1) is 0 Å².